The molecule has 0 aliphatic carbocycles. The van der Waals surface area contributed by atoms with Crippen molar-refractivity contribution in [3.63, 3.8) is 0 Å². The highest BCUT2D eigenvalue weighted by atomic mass is 79.9. The molecule has 2 rings (SSSR count). The second-order valence-electron chi connectivity index (χ2n) is 5.33. The highest BCUT2D eigenvalue weighted by Gasteiger charge is 2.10. The van der Waals surface area contributed by atoms with Gasteiger partial charge < -0.3 is 14.8 Å². The minimum atomic E-state index is -0.412. The molecule has 142 valence electrons. The van der Waals surface area contributed by atoms with Crippen LogP contribution in [0.3, 0.4) is 0 Å². The van der Waals surface area contributed by atoms with Gasteiger partial charge in [0.25, 0.3) is 5.91 Å². The molecule has 2 amide bonds. The van der Waals surface area contributed by atoms with Gasteiger partial charge in [-0.1, -0.05) is 12.1 Å². The molecule has 0 aliphatic heterocycles. The fourth-order valence-corrected chi connectivity index (χ4v) is 2.83. The number of amides is 2. The minimum absolute atomic E-state index is 0.00515. The van der Waals surface area contributed by atoms with Gasteiger partial charge in [0.15, 0.2) is 5.11 Å². The van der Waals surface area contributed by atoms with Crippen LogP contribution in [-0.2, 0) is 11.2 Å². The van der Waals surface area contributed by atoms with Crippen molar-refractivity contribution in [2.75, 3.05) is 14.2 Å². The lowest BCUT2D eigenvalue weighted by atomic mass is 10.1. The smallest absolute Gasteiger partial charge is 0.269 e. The predicted octanol–water partition coefficient (Wildman–Crippen LogP) is 2.34. The van der Waals surface area contributed by atoms with Crippen LogP contribution in [-0.4, -0.2) is 31.1 Å². The third kappa shape index (κ3) is 6.22. The van der Waals surface area contributed by atoms with E-state index in [1.807, 2.05) is 0 Å². The van der Waals surface area contributed by atoms with Crippen LogP contribution in [0.1, 0.15) is 15.9 Å². The molecule has 3 N–H and O–H groups in total. The Balaban J connectivity index is 1.81. The quantitative estimate of drug-likeness (QED) is 0.477. The van der Waals surface area contributed by atoms with Crippen molar-refractivity contribution < 1.29 is 19.1 Å². The molecule has 7 nitrogen and oxygen atoms in total. The van der Waals surface area contributed by atoms with Crippen molar-refractivity contribution in [1.29, 1.82) is 0 Å². The molecule has 0 bridgehead atoms. The topological polar surface area (TPSA) is 88.7 Å². The molecule has 0 radical (unpaired) electrons. The molecule has 2 aromatic carbocycles. The maximum atomic E-state index is 12.1. The summed E-state index contributed by atoms with van der Waals surface area (Å²) in [5.41, 5.74) is 6.12. The molecule has 0 atom stereocenters. The Morgan fingerprint density at radius 1 is 1.04 bits per heavy atom. The molecule has 0 fully saturated rings. The van der Waals surface area contributed by atoms with Gasteiger partial charge in [-0.25, -0.2) is 0 Å². The summed E-state index contributed by atoms with van der Waals surface area (Å²) in [5.74, 6) is 0.606. The van der Waals surface area contributed by atoms with Gasteiger partial charge in [-0.2, -0.15) is 0 Å². The zero-order chi connectivity index (χ0) is 19.8. The molecule has 0 heterocycles. The van der Waals surface area contributed by atoms with Crippen LogP contribution >= 0.6 is 28.1 Å². The second-order valence-corrected chi connectivity index (χ2v) is 6.59. The summed E-state index contributed by atoms with van der Waals surface area (Å²) in [5, 5.41) is 2.49. The molecule has 27 heavy (non-hydrogen) atoms. The number of halogens is 1. The lowest BCUT2D eigenvalue weighted by molar-refractivity contribution is -0.119. The fraction of sp³-hybridized carbons (Fsp3) is 0.167. The molecular weight excluding hydrogens is 434 g/mol. The van der Waals surface area contributed by atoms with Crippen LogP contribution in [0.4, 0.5) is 0 Å². The molecule has 0 unspecified atom stereocenters. The Bertz CT molecular complexity index is 843. The first-order valence-electron chi connectivity index (χ1n) is 7.79. The van der Waals surface area contributed by atoms with Gasteiger partial charge in [0, 0.05) is 5.56 Å². The van der Waals surface area contributed by atoms with E-state index in [0.717, 1.165) is 5.56 Å². The number of carbonyl (C=O) groups is 2. The Labute approximate surface area is 170 Å². The van der Waals surface area contributed by atoms with Gasteiger partial charge in [-0.05, 0) is 64.0 Å². The van der Waals surface area contributed by atoms with E-state index in [-0.39, 0.29) is 17.4 Å². The van der Waals surface area contributed by atoms with Gasteiger partial charge in [-0.3, -0.25) is 20.4 Å². The lowest BCUT2D eigenvalue weighted by Gasteiger charge is -2.11. The highest BCUT2D eigenvalue weighted by Crippen LogP contribution is 2.25. The molecule has 0 saturated heterocycles. The third-order valence-electron chi connectivity index (χ3n) is 3.48. The second kappa shape index (κ2) is 9.89. The number of hydrogen-bond donors (Lipinski definition) is 3. The number of hydrazine groups is 1. The van der Waals surface area contributed by atoms with Crippen LogP contribution in [0.2, 0.25) is 0 Å². The number of carbonyl (C=O) groups excluding carboxylic acids is 2. The van der Waals surface area contributed by atoms with E-state index in [9.17, 15) is 9.59 Å². The normalized spacial score (nSPS) is 9.89. The largest absolute Gasteiger partial charge is 0.497 e. The Kier molecular flexibility index (Phi) is 7.56. The zero-order valence-electron chi connectivity index (χ0n) is 14.7. The van der Waals surface area contributed by atoms with Gasteiger partial charge in [0.2, 0.25) is 5.91 Å². The van der Waals surface area contributed by atoms with Crippen LogP contribution < -0.4 is 25.6 Å². The van der Waals surface area contributed by atoms with Crippen LogP contribution in [0, 0.1) is 0 Å². The number of hydrogen-bond acceptors (Lipinski definition) is 5. The van der Waals surface area contributed by atoms with Crippen molar-refractivity contribution in [1.82, 2.24) is 16.2 Å². The average molecular weight is 452 g/mol. The minimum Gasteiger partial charge on any atom is -0.497 e. The maximum absolute atomic E-state index is 12.1. The summed E-state index contributed by atoms with van der Waals surface area (Å²) in [7, 11) is 3.11. The summed E-state index contributed by atoms with van der Waals surface area (Å²) in [6.45, 7) is 0. The Morgan fingerprint density at radius 2 is 1.74 bits per heavy atom. The van der Waals surface area contributed by atoms with E-state index < -0.39 is 5.91 Å². The first-order chi connectivity index (χ1) is 12.9. The molecular formula is C18H18BrN3O4S. The molecule has 2 aromatic rings. The van der Waals surface area contributed by atoms with Crippen LogP contribution in [0.25, 0.3) is 0 Å². The summed E-state index contributed by atoms with van der Waals surface area (Å²) in [6.07, 6.45) is 0.144. The number of rotatable bonds is 5. The molecule has 0 aliphatic rings. The first kappa shape index (κ1) is 20.7. The van der Waals surface area contributed by atoms with E-state index in [1.165, 1.54) is 7.11 Å². The first-order valence-corrected chi connectivity index (χ1v) is 8.99. The standard InChI is InChI=1S/C18H18BrN3O4S/c1-25-13-6-3-11(4-7-13)9-16(23)20-18(27)22-21-17(24)12-5-8-15(26-2)14(19)10-12/h3-8,10H,9H2,1-2H3,(H,21,24)(H2,20,22,23,27). The molecule has 9 heteroatoms. The van der Waals surface area contributed by atoms with Crippen molar-refractivity contribution in [2.45, 2.75) is 6.42 Å². The van der Waals surface area contributed by atoms with Gasteiger partial charge in [0.1, 0.15) is 11.5 Å². The summed E-state index contributed by atoms with van der Waals surface area (Å²) in [4.78, 5) is 24.1. The Morgan fingerprint density at radius 3 is 2.33 bits per heavy atom. The zero-order valence-corrected chi connectivity index (χ0v) is 17.1. The number of benzene rings is 2. The van der Waals surface area contributed by atoms with E-state index >= 15 is 0 Å². The summed E-state index contributed by atoms with van der Waals surface area (Å²) in [6, 6.07) is 12.0. The number of nitrogens with one attached hydrogen (secondary N) is 3. The van der Waals surface area contributed by atoms with E-state index in [1.54, 1.807) is 49.6 Å². The van der Waals surface area contributed by atoms with Gasteiger partial charge in [0.05, 0.1) is 25.1 Å². The monoisotopic (exact) mass is 451 g/mol. The van der Waals surface area contributed by atoms with E-state index in [0.29, 0.717) is 21.5 Å². The summed E-state index contributed by atoms with van der Waals surface area (Å²) < 4.78 is 10.8. The SMILES string of the molecule is COc1ccc(CC(=O)NC(=S)NNC(=O)c2ccc(OC)c(Br)c2)cc1. The summed E-state index contributed by atoms with van der Waals surface area (Å²) >= 11 is 8.33. The maximum Gasteiger partial charge on any atom is 0.269 e. The van der Waals surface area contributed by atoms with Crippen LogP contribution in [0.5, 0.6) is 11.5 Å². The van der Waals surface area contributed by atoms with Crippen molar-refractivity contribution in [3.8, 4) is 11.5 Å². The van der Waals surface area contributed by atoms with Crippen LogP contribution in [0.15, 0.2) is 46.9 Å². The molecule has 0 aromatic heterocycles. The van der Waals surface area contributed by atoms with Crippen molar-refractivity contribution in [2.24, 2.45) is 0 Å². The Hall–Kier alpha value is -2.65. The van der Waals surface area contributed by atoms with Crippen molar-refractivity contribution >= 4 is 45.1 Å². The van der Waals surface area contributed by atoms with Gasteiger partial charge in [-0.15, -0.1) is 0 Å². The van der Waals surface area contributed by atoms with Gasteiger partial charge >= 0.3 is 0 Å². The highest BCUT2D eigenvalue weighted by molar-refractivity contribution is 9.10. The van der Waals surface area contributed by atoms with E-state index in [2.05, 4.69) is 32.1 Å². The van der Waals surface area contributed by atoms with Crippen molar-refractivity contribution in [3.05, 3.63) is 58.1 Å². The molecule has 0 saturated carbocycles. The number of thiocarbonyl (C=S) groups is 1. The average Bonchev–Trinajstić information content (AvgIpc) is 2.66. The lowest BCUT2D eigenvalue weighted by Crippen LogP contribution is -2.48. The molecule has 0 spiro atoms. The predicted molar refractivity (Wildman–Crippen MR) is 109 cm³/mol. The number of methoxy groups -OCH3 is 2. The third-order valence-corrected chi connectivity index (χ3v) is 4.30. The van der Waals surface area contributed by atoms with E-state index in [4.69, 9.17) is 21.7 Å². The fourth-order valence-electron chi connectivity index (χ4n) is 2.12. The number of ether oxygens (including phenoxy) is 2.